The summed E-state index contributed by atoms with van der Waals surface area (Å²) in [4.78, 5) is 22.4. The van der Waals surface area contributed by atoms with Crippen LogP contribution in [0, 0.1) is 10.1 Å². The minimum atomic E-state index is -0.654. The molecule has 0 aliphatic carbocycles. The quantitative estimate of drug-likeness (QED) is 0.231. The van der Waals surface area contributed by atoms with Crippen LogP contribution < -0.4 is 5.32 Å². The Labute approximate surface area is 162 Å². The molecule has 0 radical (unpaired) electrons. The molecule has 1 aromatic rings. The minimum Gasteiger partial charge on any atom is -0.507 e. The van der Waals surface area contributed by atoms with Crippen molar-refractivity contribution in [1.82, 2.24) is 5.32 Å². The van der Waals surface area contributed by atoms with E-state index in [0.717, 1.165) is 19.3 Å². The normalized spacial score (nSPS) is 10.7. The molecule has 6 heteroatoms. The van der Waals surface area contributed by atoms with Crippen molar-refractivity contribution in [1.29, 1.82) is 0 Å². The standard InChI is InChI=1S/C21H34N2O4/c1-2-3-4-5-6-7-8-9-10-11-12-13-17-22-21(25)20-18(23(26)27)15-14-16-19(20)24/h14-16,24H,2-13,17H2,1H3,(H,22,25). The Hall–Kier alpha value is -2.11. The first-order valence-electron chi connectivity index (χ1n) is 10.3. The lowest BCUT2D eigenvalue weighted by Crippen LogP contribution is -2.25. The highest BCUT2D eigenvalue weighted by Gasteiger charge is 2.23. The topological polar surface area (TPSA) is 92.5 Å². The van der Waals surface area contributed by atoms with Crippen LogP contribution in [0.15, 0.2) is 18.2 Å². The van der Waals surface area contributed by atoms with Gasteiger partial charge in [0, 0.05) is 12.6 Å². The van der Waals surface area contributed by atoms with Crippen molar-refractivity contribution in [2.45, 2.75) is 84.0 Å². The van der Waals surface area contributed by atoms with Crippen molar-refractivity contribution in [3.05, 3.63) is 33.9 Å². The molecular weight excluding hydrogens is 344 g/mol. The van der Waals surface area contributed by atoms with E-state index >= 15 is 0 Å². The van der Waals surface area contributed by atoms with Crippen LogP contribution in [0.1, 0.15) is 94.3 Å². The van der Waals surface area contributed by atoms with E-state index in [9.17, 15) is 20.0 Å². The van der Waals surface area contributed by atoms with Crippen LogP contribution in [0.4, 0.5) is 5.69 Å². The Balaban J connectivity index is 2.09. The molecule has 0 heterocycles. The molecule has 2 N–H and O–H groups in total. The molecule has 27 heavy (non-hydrogen) atoms. The van der Waals surface area contributed by atoms with Crippen LogP contribution >= 0.6 is 0 Å². The summed E-state index contributed by atoms with van der Waals surface area (Å²) >= 11 is 0. The molecule has 1 amide bonds. The molecule has 6 nitrogen and oxygen atoms in total. The number of nitrogens with one attached hydrogen (secondary N) is 1. The number of amides is 1. The number of unbranched alkanes of at least 4 members (excludes halogenated alkanes) is 11. The van der Waals surface area contributed by atoms with E-state index in [-0.39, 0.29) is 17.0 Å². The predicted molar refractivity (Wildman–Crippen MR) is 108 cm³/mol. The molecule has 0 aromatic heterocycles. The summed E-state index contributed by atoms with van der Waals surface area (Å²) in [5.74, 6) is -0.959. The molecule has 0 unspecified atom stereocenters. The zero-order chi connectivity index (χ0) is 19.9. The lowest BCUT2D eigenvalue weighted by Gasteiger charge is -2.07. The summed E-state index contributed by atoms with van der Waals surface area (Å²) in [6, 6.07) is 3.86. The Bertz CT molecular complexity index is 575. The molecule has 152 valence electrons. The second-order valence-electron chi connectivity index (χ2n) is 7.07. The van der Waals surface area contributed by atoms with Crippen molar-refractivity contribution in [2.75, 3.05) is 6.54 Å². The zero-order valence-corrected chi connectivity index (χ0v) is 16.5. The summed E-state index contributed by atoms with van der Waals surface area (Å²) in [5.41, 5.74) is -0.636. The fourth-order valence-electron chi connectivity index (χ4n) is 3.17. The van der Waals surface area contributed by atoms with Crippen LogP contribution in [-0.2, 0) is 0 Å². The lowest BCUT2D eigenvalue weighted by atomic mass is 10.1. The number of nitro groups is 1. The highest BCUT2D eigenvalue weighted by atomic mass is 16.6. The molecular formula is C21H34N2O4. The third kappa shape index (κ3) is 9.40. The molecule has 0 bridgehead atoms. The Kier molecular flexibility index (Phi) is 11.9. The Morgan fingerprint density at radius 3 is 2.00 bits per heavy atom. The number of nitrogens with zero attached hydrogens (tertiary/aromatic N) is 1. The molecule has 0 saturated heterocycles. The van der Waals surface area contributed by atoms with Crippen molar-refractivity contribution in [2.24, 2.45) is 0 Å². The number of aromatic hydroxyl groups is 1. The molecule has 0 spiro atoms. The second-order valence-corrected chi connectivity index (χ2v) is 7.07. The van der Waals surface area contributed by atoms with E-state index in [1.807, 2.05) is 0 Å². The number of nitro benzene ring substituents is 1. The SMILES string of the molecule is CCCCCCCCCCCCCCNC(=O)c1c(O)cccc1[N+](=O)[O-]. The van der Waals surface area contributed by atoms with Gasteiger partial charge >= 0.3 is 0 Å². The molecule has 0 saturated carbocycles. The number of phenolic OH excluding ortho intramolecular Hbond substituents is 1. The summed E-state index contributed by atoms with van der Waals surface area (Å²) in [5, 5.41) is 23.4. The van der Waals surface area contributed by atoms with Gasteiger partial charge in [0.15, 0.2) is 5.56 Å². The van der Waals surface area contributed by atoms with Gasteiger partial charge in [0.05, 0.1) is 4.92 Å². The Morgan fingerprint density at radius 1 is 0.963 bits per heavy atom. The number of rotatable bonds is 15. The van der Waals surface area contributed by atoms with Crippen LogP contribution in [0.5, 0.6) is 5.75 Å². The zero-order valence-electron chi connectivity index (χ0n) is 16.5. The van der Waals surface area contributed by atoms with E-state index in [1.165, 1.54) is 76.0 Å². The van der Waals surface area contributed by atoms with Gasteiger partial charge < -0.3 is 10.4 Å². The maximum atomic E-state index is 12.1. The number of carbonyl (C=O) groups is 1. The third-order valence-corrected chi connectivity index (χ3v) is 4.76. The van der Waals surface area contributed by atoms with Gasteiger partial charge in [-0.05, 0) is 12.5 Å². The van der Waals surface area contributed by atoms with E-state index in [4.69, 9.17) is 0 Å². The van der Waals surface area contributed by atoms with E-state index in [0.29, 0.717) is 6.54 Å². The van der Waals surface area contributed by atoms with Gasteiger partial charge in [0.1, 0.15) is 5.75 Å². The van der Waals surface area contributed by atoms with Gasteiger partial charge in [0.25, 0.3) is 11.6 Å². The van der Waals surface area contributed by atoms with Crippen LogP contribution in [0.2, 0.25) is 0 Å². The highest BCUT2D eigenvalue weighted by molar-refractivity contribution is 6.00. The summed E-state index contributed by atoms with van der Waals surface area (Å²) < 4.78 is 0. The molecule has 0 aliphatic rings. The van der Waals surface area contributed by atoms with E-state index in [2.05, 4.69) is 12.2 Å². The summed E-state index contributed by atoms with van der Waals surface area (Å²) in [6.07, 6.45) is 14.9. The van der Waals surface area contributed by atoms with Crippen molar-refractivity contribution < 1.29 is 14.8 Å². The number of phenols is 1. The first-order valence-corrected chi connectivity index (χ1v) is 10.3. The van der Waals surface area contributed by atoms with Gasteiger partial charge in [-0.2, -0.15) is 0 Å². The fourth-order valence-corrected chi connectivity index (χ4v) is 3.17. The van der Waals surface area contributed by atoms with Crippen molar-refractivity contribution >= 4 is 11.6 Å². The third-order valence-electron chi connectivity index (χ3n) is 4.76. The monoisotopic (exact) mass is 378 g/mol. The predicted octanol–water partition coefficient (Wildman–Crippen LogP) is 5.73. The van der Waals surface area contributed by atoms with Crippen LogP contribution in [0.25, 0.3) is 0 Å². The molecule has 1 rings (SSSR count). The van der Waals surface area contributed by atoms with Crippen LogP contribution in [-0.4, -0.2) is 22.5 Å². The van der Waals surface area contributed by atoms with Gasteiger partial charge in [-0.1, -0.05) is 83.6 Å². The molecule has 0 atom stereocenters. The minimum absolute atomic E-state index is 0.263. The molecule has 0 fully saturated rings. The van der Waals surface area contributed by atoms with E-state index < -0.39 is 10.8 Å². The summed E-state index contributed by atoms with van der Waals surface area (Å²) in [7, 11) is 0. The second kappa shape index (κ2) is 14.0. The van der Waals surface area contributed by atoms with Crippen molar-refractivity contribution in [3.63, 3.8) is 0 Å². The van der Waals surface area contributed by atoms with Crippen LogP contribution in [0.3, 0.4) is 0 Å². The van der Waals surface area contributed by atoms with Gasteiger partial charge in [0.2, 0.25) is 0 Å². The Morgan fingerprint density at radius 2 is 1.48 bits per heavy atom. The molecule has 0 aliphatic heterocycles. The smallest absolute Gasteiger partial charge is 0.285 e. The molecule has 1 aromatic carbocycles. The lowest BCUT2D eigenvalue weighted by molar-refractivity contribution is -0.385. The van der Waals surface area contributed by atoms with Crippen molar-refractivity contribution in [3.8, 4) is 5.75 Å². The number of hydrogen-bond acceptors (Lipinski definition) is 4. The van der Waals surface area contributed by atoms with Gasteiger partial charge in [-0.3, -0.25) is 14.9 Å². The number of carbonyl (C=O) groups excluding carboxylic acids is 1. The largest absolute Gasteiger partial charge is 0.507 e. The highest BCUT2D eigenvalue weighted by Crippen LogP contribution is 2.26. The van der Waals surface area contributed by atoms with Gasteiger partial charge in [-0.15, -0.1) is 0 Å². The summed E-state index contributed by atoms with van der Waals surface area (Å²) in [6.45, 7) is 2.70. The first-order chi connectivity index (χ1) is 13.1. The fraction of sp³-hybridized carbons (Fsp3) is 0.667. The first kappa shape index (κ1) is 22.9. The van der Waals surface area contributed by atoms with E-state index in [1.54, 1.807) is 0 Å². The van der Waals surface area contributed by atoms with Gasteiger partial charge in [-0.25, -0.2) is 0 Å². The number of benzene rings is 1. The maximum Gasteiger partial charge on any atom is 0.285 e. The average Bonchev–Trinajstić information content (AvgIpc) is 2.65. The maximum absolute atomic E-state index is 12.1. The average molecular weight is 379 g/mol. The number of hydrogen-bond donors (Lipinski definition) is 2.